The molecule has 2 aromatic carbocycles. The van der Waals surface area contributed by atoms with Gasteiger partial charge in [0.05, 0.1) is 5.69 Å². The van der Waals surface area contributed by atoms with Crippen LogP contribution in [0.25, 0.3) is 0 Å². The van der Waals surface area contributed by atoms with Crippen LogP contribution in [0.1, 0.15) is 16.7 Å². The molecule has 0 aliphatic heterocycles. The van der Waals surface area contributed by atoms with Crippen molar-refractivity contribution in [1.82, 2.24) is 0 Å². The molecule has 2 aromatic rings. The maximum Gasteiger partial charge on any atom is 0.0630 e. The molecule has 0 spiro atoms. The molecular weight excluding hydrogens is 208 g/mol. The lowest BCUT2D eigenvalue weighted by Crippen LogP contribution is -1.93. The number of rotatable bonds is 2. The third-order valence-corrected chi connectivity index (χ3v) is 2.63. The van der Waals surface area contributed by atoms with Gasteiger partial charge in [-0.1, -0.05) is 29.8 Å². The fourth-order valence-corrected chi connectivity index (χ4v) is 1.59. The van der Waals surface area contributed by atoms with Gasteiger partial charge in [0.1, 0.15) is 0 Å². The molecule has 0 fully saturated rings. The summed E-state index contributed by atoms with van der Waals surface area (Å²) in [6.07, 6.45) is 1.80. The van der Waals surface area contributed by atoms with E-state index in [1.54, 1.807) is 6.21 Å². The Hall–Kier alpha value is -2.09. The van der Waals surface area contributed by atoms with Crippen LogP contribution in [0.3, 0.4) is 0 Å². The first-order chi connectivity index (χ1) is 8.15. The van der Waals surface area contributed by atoms with Gasteiger partial charge in [0.15, 0.2) is 0 Å². The normalized spacial score (nSPS) is 10.9. The first-order valence-corrected chi connectivity index (χ1v) is 5.62. The van der Waals surface area contributed by atoms with Crippen molar-refractivity contribution >= 4 is 17.6 Å². The zero-order valence-electron chi connectivity index (χ0n) is 10.1. The van der Waals surface area contributed by atoms with E-state index in [9.17, 15) is 0 Å². The Kier molecular flexibility index (Phi) is 3.24. The van der Waals surface area contributed by atoms with Crippen LogP contribution in [0.4, 0.5) is 11.4 Å². The van der Waals surface area contributed by atoms with Gasteiger partial charge in [0.2, 0.25) is 0 Å². The number of hydrogen-bond acceptors (Lipinski definition) is 2. The molecule has 0 saturated carbocycles. The Bertz CT molecular complexity index is 539. The zero-order valence-corrected chi connectivity index (χ0v) is 10.1. The van der Waals surface area contributed by atoms with Crippen molar-refractivity contribution in [3.05, 3.63) is 59.2 Å². The number of aliphatic imine (C=N–C) groups is 1. The first kappa shape index (κ1) is 11.4. The van der Waals surface area contributed by atoms with Crippen molar-refractivity contribution in [2.24, 2.45) is 4.99 Å². The summed E-state index contributed by atoms with van der Waals surface area (Å²) in [4.78, 5) is 4.40. The monoisotopic (exact) mass is 224 g/mol. The average Bonchev–Trinajstić information content (AvgIpc) is 2.30. The van der Waals surface area contributed by atoms with E-state index in [-0.39, 0.29) is 0 Å². The van der Waals surface area contributed by atoms with Gasteiger partial charge in [-0.2, -0.15) is 0 Å². The second-order valence-corrected chi connectivity index (χ2v) is 4.23. The van der Waals surface area contributed by atoms with Crippen molar-refractivity contribution in [1.29, 1.82) is 0 Å². The molecule has 0 radical (unpaired) electrons. The highest BCUT2D eigenvalue weighted by Gasteiger charge is 1.95. The van der Waals surface area contributed by atoms with E-state index in [1.807, 2.05) is 49.4 Å². The molecule has 0 aromatic heterocycles. The van der Waals surface area contributed by atoms with E-state index in [1.165, 1.54) is 5.56 Å². The van der Waals surface area contributed by atoms with Gasteiger partial charge < -0.3 is 5.73 Å². The molecule has 0 bridgehead atoms. The minimum Gasteiger partial charge on any atom is -0.398 e. The molecule has 0 amide bonds. The highest BCUT2D eigenvalue weighted by Crippen LogP contribution is 2.15. The van der Waals surface area contributed by atoms with Crippen LogP contribution >= 0.6 is 0 Å². The molecule has 2 rings (SSSR count). The van der Waals surface area contributed by atoms with Gasteiger partial charge in [0, 0.05) is 17.5 Å². The van der Waals surface area contributed by atoms with Crippen LogP contribution in [-0.2, 0) is 0 Å². The lowest BCUT2D eigenvalue weighted by Gasteiger charge is -2.01. The summed E-state index contributed by atoms with van der Waals surface area (Å²) in [5, 5.41) is 0. The topological polar surface area (TPSA) is 38.4 Å². The van der Waals surface area contributed by atoms with Crippen LogP contribution in [0.2, 0.25) is 0 Å². The van der Waals surface area contributed by atoms with Gasteiger partial charge in [-0.15, -0.1) is 0 Å². The van der Waals surface area contributed by atoms with Crippen LogP contribution in [-0.4, -0.2) is 6.21 Å². The highest BCUT2D eigenvalue weighted by atomic mass is 14.7. The highest BCUT2D eigenvalue weighted by molar-refractivity contribution is 5.88. The van der Waals surface area contributed by atoms with E-state index >= 15 is 0 Å². The summed E-state index contributed by atoms with van der Waals surface area (Å²) in [7, 11) is 0. The summed E-state index contributed by atoms with van der Waals surface area (Å²) < 4.78 is 0. The lowest BCUT2D eigenvalue weighted by molar-refractivity contribution is 1.43. The molecule has 2 N–H and O–H groups in total. The largest absolute Gasteiger partial charge is 0.398 e. The van der Waals surface area contributed by atoms with Gasteiger partial charge in [-0.3, -0.25) is 4.99 Å². The van der Waals surface area contributed by atoms with Crippen molar-refractivity contribution < 1.29 is 0 Å². The average molecular weight is 224 g/mol. The molecule has 0 aliphatic carbocycles. The Morgan fingerprint density at radius 2 is 1.59 bits per heavy atom. The number of benzene rings is 2. The third-order valence-electron chi connectivity index (χ3n) is 2.63. The third kappa shape index (κ3) is 2.94. The maximum atomic E-state index is 5.92. The summed E-state index contributed by atoms with van der Waals surface area (Å²) in [5.41, 5.74) is 11.0. The molecular formula is C15H16N2. The summed E-state index contributed by atoms with van der Waals surface area (Å²) in [5.74, 6) is 0. The zero-order chi connectivity index (χ0) is 12.3. The van der Waals surface area contributed by atoms with Crippen molar-refractivity contribution in [2.75, 3.05) is 5.73 Å². The number of nitrogens with two attached hydrogens (primary N) is 1. The van der Waals surface area contributed by atoms with E-state index in [2.05, 4.69) is 11.9 Å². The number of anilines is 1. The van der Waals surface area contributed by atoms with Gasteiger partial charge >= 0.3 is 0 Å². The Morgan fingerprint density at radius 3 is 2.24 bits per heavy atom. The van der Waals surface area contributed by atoms with Crippen molar-refractivity contribution in [3.8, 4) is 0 Å². The second kappa shape index (κ2) is 4.83. The van der Waals surface area contributed by atoms with Gasteiger partial charge in [-0.25, -0.2) is 0 Å². The molecule has 86 valence electrons. The molecule has 17 heavy (non-hydrogen) atoms. The lowest BCUT2D eigenvalue weighted by atomic mass is 10.1. The summed E-state index contributed by atoms with van der Waals surface area (Å²) in [6.45, 7) is 4.09. The molecule has 2 heteroatoms. The smallest absolute Gasteiger partial charge is 0.0630 e. The van der Waals surface area contributed by atoms with E-state index in [4.69, 9.17) is 5.73 Å². The van der Waals surface area contributed by atoms with Crippen LogP contribution in [0.15, 0.2) is 47.5 Å². The Morgan fingerprint density at radius 1 is 0.941 bits per heavy atom. The van der Waals surface area contributed by atoms with E-state index in [0.29, 0.717) is 0 Å². The number of aryl methyl sites for hydroxylation is 2. The quantitative estimate of drug-likeness (QED) is 0.614. The summed E-state index contributed by atoms with van der Waals surface area (Å²) >= 11 is 0. The Labute approximate surface area is 102 Å². The molecule has 0 aliphatic rings. The fourth-order valence-electron chi connectivity index (χ4n) is 1.59. The van der Waals surface area contributed by atoms with Crippen LogP contribution in [0, 0.1) is 13.8 Å². The van der Waals surface area contributed by atoms with Gasteiger partial charge in [0.25, 0.3) is 0 Å². The van der Waals surface area contributed by atoms with E-state index in [0.717, 1.165) is 22.5 Å². The SMILES string of the molecule is Cc1ccc(N=Cc2ccc(C)cc2N)cc1. The minimum atomic E-state index is 0.765. The summed E-state index contributed by atoms with van der Waals surface area (Å²) in [6, 6.07) is 14.1. The minimum absolute atomic E-state index is 0.765. The Balaban J connectivity index is 2.23. The van der Waals surface area contributed by atoms with Gasteiger partial charge in [-0.05, 0) is 37.6 Å². The van der Waals surface area contributed by atoms with Crippen molar-refractivity contribution in [2.45, 2.75) is 13.8 Å². The van der Waals surface area contributed by atoms with Crippen LogP contribution in [0.5, 0.6) is 0 Å². The molecule has 0 unspecified atom stereocenters. The second-order valence-electron chi connectivity index (χ2n) is 4.23. The number of nitrogen functional groups attached to an aromatic ring is 1. The molecule has 0 saturated heterocycles. The first-order valence-electron chi connectivity index (χ1n) is 5.62. The standard InChI is InChI=1S/C15H16N2/c1-11-4-7-14(8-5-11)17-10-13-6-3-12(2)9-15(13)16/h3-10H,16H2,1-2H3. The fraction of sp³-hybridized carbons (Fsp3) is 0.133. The molecule has 0 atom stereocenters. The van der Waals surface area contributed by atoms with E-state index < -0.39 is 0 Å². The van der Waals surface area contributed by atoms with Crippen LogP contribution < -0.4 is 5.73 Å². The maximum absolute atomic E-state index is 5.92. The molecule has 2 nitrogen and oxygen atoms in total. The number of nitrogens with zero attached hydrogens (tertiary/aromatic N) is 1. The number of hydrogen-bond donors (Lipinski definition) is 1. The predicted octanol–water partition coefficient (Wildman–Crippen LogP) is 3.64. The molecule has 0 heterocycles. The predicted molar refractivity (Wildman–Crippen MR) is 74.0 cm³/mol. The van der Waals surface area contributed by atoms with Crippen molar-refractivity contribution in [3.63, 3.8) is 0 Å².